The number of carbonyl (C=O) groups excluding carboxylic acids is 1. The predicted molar refractivity (Wildman–Crippen MR) is 115 cm³/mol. The summed E-state index contributed by atoms with van der Waals surface area (Å²) in [5.41, 5.74) is 2.29. The molecule has 10 heteroatoms. The van der Waals surface area contributed by atoms with Crippen molar-refractivity contribution >= 4 is 77.7 Å². The number of nitro groups is 1. The van der Waals surface area contributed by atoms with Crippen LogP contribution in [-0.4, -0.2) is 27.1 Å². The molecule has 0 aliphatic rings. The van der Waals surface area contributed by atoms with Crippen molar-refractivity contribution in [1.29, 1.82) is 0 Å². The van der Waals surface area contributed by atoms with Crippen molar-refractivity contribution in [2.24, 2.45) is 0 Å². The van der Waals surface area contributed by atoms with Crippen LogP contribution in [0.5, 0.6) is 0 Å². The van der Waals surface area contributed by atoms with Gasteiger partial charge in [-0.15, -0.1) is 11.3 Å². The van der Waals surface area contributed by atoms with Crippen LogP contribution in [-0.2, 0) is 4.79 Å². The molecule has 0 atom stereocenters. The van der Waals surface area contributed by atoms with Crippen molar-refractivity contribution in [3.8, 4) is 0 Å². The molecular formula is C18H12N4O3S3. The summed E-state index contributed by atoms with van der Waals surface area (Å²) >= 11 is 4.61. The molecule has 0 unspecified atom stereocenters. The lowest BCUT2D eigenvalue weighted by Crippen LogP contribution is -2.07. The summed E-state index contributed by atoms with van der Waals surface area (Å²) in [6.07, 6.45) is 4.85. The molecule has 1 amide bonds. The van der Waals surface area contributed by atoms with Crippen molar-refractivity contribution in [2.75, 3.05) is 11.6 Å². The molecule has 0 radical (unpaired) electrons. The molecule has 0 aliphatic carbocycles. The Morgan fingerprint density at radius 1 is 1.18 bits per heavy atom. The topological polar surface area (TPSA) is 98.0 Å². The largest absolute Gasteiger partial charge is 0.298 e. The van der Waals surface area contributed by atoms with Crippen LogP contribution in [0.4, 0.5) is 10.8 Å². The third-order valence-corrected chi connectivity index (χ3v) is 7.01. The maximum Gasteiger partial charge on any atom is 0.270 e. The Kier molecular flexibility index (Phi) is 5.07. The number of aromatic nitrogens is 2. The van der Waals surface area contributed by atoms with Crippen molar-refractivity contribution in [3.05, 3.63) is 58.2 Å². The predicted octanol–water partition coefficient (Wildman–Crippen LogP) is 5.19. The van der Waals surface area contributed by atoms with Gasteiger partial charge in [0.1, 0.15) is 0 Å². The minimum absolute atomic E-state index is 0.0214. The van der Waals surface area contributed by atoms with E-state index in [2.05, 4.69) is 15.3 Å². The highest BCUT2D eigenvalue weighted by atomic mass is 32.2. The number of thiazole rings is 2. The normalized spacial score (nSPS) is 11.5. The maximum absolute atomic E-state index is 12.2. The van der Waals surface area contributed by atoms with Gasteiger partial charge in [-0.3, -0.25) is 20.2 Å². The van der Waals surface area contributed by atoms with Crippen molar-refractivity contribution in [3.63, 3.8) is 0 Å². The number of hydrogen-bond donors (Lipinski definition) is 1. The van der Waals surface area contributed by atoms with Gasteiger partial charge >= 0.3 is 0 Å². The van der Waals surface area contributed by atoms with Crippen LogP contribution in [0.2, 0.25) is 0 Å². The van der Waals surface area contributed by atoms with Gasteiger partial charge in [-0.2, -0.15) is 0 Å². The van der Waals surface area contributed by atoms with E-state index in [1.807, 2.05) is 18.4 Å². The lowest BCUT2D eigenvalue weighted by molar-refractivity contribution is -0.384. The Labute approximate surface area is 171 Å². The Hall–Kier alpha value is -2.82. The number of nitro benzene ring substituents is 1. The molecule has 0 aliphatic heterocycles. The molecule has 2 heterocycles. The molecule has 2 aromatic heterocycles. The molecule has 0 fully saturated rings. The average Bonchev–Trinajstić information content (AvgIpc) is 3.29. The van der Waals surface area contributed by atoms with E-state index in [-0.39, 0.29) is 11.6 Å². The Morgan fingerprint density at radius 2 is 1.93 bits per heavy atom. The Bertz CT molecular complexity index is 1250. The number of anilines is 1. The highest BCUT2D eigenvalue weighted by Gasteiger charge is 2.12. The molecule has 4 aromatic rings. The number of hydrogen-bond acceptors (Lipinski definition) is 8. The highest BCUT2D eigenvalue weighted by molar-refractivity contribution is 8.00. The molecule has 28 heavy (non-hydrogen) atoms. The zero-order chi connectivity index (χ0) is 19.7. The van der Waals surface area contributed by atoms with Gasteiger partial charge in [-0.25, -0.2) is 9.97 Å². The van der Waals surface area contributed by atoms with Gasteiger partial charge in [0.15, 0.2) is 9.47 Å². The number of amides is 1. The lowest BCUT2D eigenvalue weighted by Gasteiger charge is -1.96. The van der Waals surface area contributed by atoms with Gasteiger partial charge in [-0.05, 0) is 30.0 Å². The quantitative estimate of drug-likeness (QED) is 0.203. The van der Waals surface area contributed by atoms with Crippen LogP contribution in [0.15, 0.2) is 46.8 Å². The van der Waals surface area contributed by atoms with Gasteiger partial charge in [0.2, 0.25) is 5.91 Å². The first-order valence-corrected chi connectivity index (χ1v) is 10.9. The van der Waals surface area contributed by atoms with Crippen LogP contribution in [0.1, 0.15) is 5.56 Å². The fourth-order valence-corrected chi connectivity index (χ4v) is 5.22. The second-order valence-corrected chi connectivity index (χ2v) is 8.69. The monoisotopic (exact) mass is 428 g/mol. The first-order chi connectivity index (χ1) is 13.5. The molecule has 140 valence electrons. The number of nitrogens with one attached hydrogen (secondary N) is 1. The summed E-state index contributed by atoms with van der Waals surface area (Å²) < 4.78 is 3.04. The van der Waals surface area contributed by atoms with Crippen LogP contribution in [0.25, 0.3) is 26.5 Å². The van der Waals surface area contributed by atoms with E-state index >= 15 is 0 Å². The molecule has 0 bridgehead atoms. The van der Waals surface area contributed by atoms with E-state index < -0.39 is 4.92 Å². The smallest absolute Gasteiger partial charge is 0.270 e. The fourth-order valence-electron chi connectivity index (χ4n) is 2.55. The van der Waals surface area contributed by atoms with Gasteiger partial charge in [0, 0.05) is 18.2 Å². The van der Waals surface area contributed by atoms with E-state index in [0.717, 1.165) is 24.8 Å². The van der Waals surface area contributed by atoms with E-state index in [4.69, 9.17) is 0 Å². The standard InChI is InChI=1S/C18H12N4O3S3/c1-26-18-20-13-7-6-12-15(16(13)28-18)27-17(19-12)21-14(23)8-5-10-3-2-4-11(9-10)22(24)25/h2-9H,1H3,(H,19,21,23). The Balaban J connectivity index is 1.55. The first-order valence-electron chi connectivity index (χ1n) is 8.01. The number of benzene rings is 2. The number of thioether (sulfide) groups is 1. The number of carbonyl (C=O) groups is 1. The van der Waals surface area contributed by atoms with Gasteiger partial charge < -0.3 is 0 Å². The Morgan fingerprint density at radius 3 is 2.68 bits per heavy atom. The number of nitrogens with zero attached hydrogens (tertiary/aromatic N) is 3. The van der Waals surface area contributed by atoms with E-state index in [0.29, 0.717) is 10.7 Å². The SMILES string of the molecule is CSc1nc2ccc3nc(NC(=O)C=Cc4cccc([N+](=O)[O-])c4)sc3c2s1. The summed E-state index contributed by atoms with van der Waals surface area (Å²) in [7, 11) is 0. The summed E-state index contributed by atoms with van der Waals surface area (Å²) in [4.78, 5) is 31.6. The fraction of sp³-hybridized carbons (Fsp3) is 0.0556. The minimum atomic E-state index is -0.471. The molecule has 4 rings (SSSR count). The third-order valence-electron chi connectivity index (χ3n) is 3.81. The zero-order valence-electron chi connectivity index (χ0n) is 14.4. The molecule has 2 aromatic carbocycles. The summed E-state index contributed by atoms with van der Waals surface area (Å²) in [5.74, 6) is -0.351. The van der Waals surface area contributed by atoms with E-state index in [1.54, 1.807) is 35.2 Å². The molecule has 0 saturated carbocycles. The summed E-state index contributed by atoms with van der Waals surface area (Å²) in [6.45, 7) is 0. The zero-order valence-corrected chi connectivity index (χ0v) is 16.9. The summed E-state index contributed by atoms with van der Waals surface area (Å²) in [6, 6.07) is 9.91. The summed E-state index contributed by atoms with van der Waals surface area (Å²) in [5, 5.41) is 14.1. The van der Waals surface area contributed by atoms with Gasteiger partial charge in [-0.1, -0.05) is 35.2 Å². The first kappa shape index (κ1) is 18.5. The third kappa shape index (κ3) is 3.75. The van der Waals surface area contributed by atoms with Crippen molar-refractivity contribution in [2.45, 2.75) is 4.34 Å². The van der Waals surface area contributed by atoms with Crippen LogP contribution in [0, 0.1) is 10.1 Å². The second-order valence-electron chi connectivity index (χ2n) is 5.64. The minimum Gasteiger partial charge on any atom is -0.298 e. The van der Waals surface area contributed by atoms with Gasteiger partial charge in [0.05, 0.1) is 25.4 Å². The number of fused-ring (bicyclic) bond motifs is 3. The van der Waals surface area contributed by atoms with Crippen molar-refractivity contribution < 1.29 is 9.72 Å². The van der Waals surface area contributed by atoms with Crippen LogP contribution in [0.3, 0.4) is 0 Å². The average molecular weight is 429 g/mol. The number of non-ortho nitro benzene ring substituents is 1. The molecule has 0 spiro atoms. The molecule has 0 saturated heterocycles. The number of rotatable bonds is 5. The maximum atomic E-state index is 12.2. The van der Waals surface area contributed by atoms with Crippen LogP contribution < -0.4 is 5.32 Å². The lowest BCUT2D eigenvalue weighted by atomic mass is 10.2. The highest BCUT2D eigenvalue weighted by Crippen LogP contribution is 2.37. The van der Waals surface area contributed by atoms with Gasteiger partial charge in [0.25, 0.3) is 5.69 Å². The van der Waals surface area contributed by atoms with Crippen molar-refractivity contribution in [1.82, 2.24) is 9.97 Å². The molecular weight excluding hydrogens is 416 g/mol. The van der Waals surface area contributed by atoms with E-state index in [9.17, 15) is 14.9 Å². The van der Waals surface area contributed by atoms with Crippen LogP contribution >= 0.6 is 34.4 Å². The molecule has 1 N–H and O–H groups in total. The molecule has 7 nitrogen and oxygen atoms in total. The van der Waals surface area contributed by atoms with E-state index in [1.165, 1.54) is 35.6 Å². The second kappa shape index (κ2) is 7.66.